The van der Waals surface area contributed by atoms with E-state index in [2.05, 4.69) is 0 Å². The molecule has 0 bridgehead atoms. The molecule has 0 aliphatic heterocycles. The molecule has 0 amide bonds. The number of hydrogen-bond acceptors (Lipinski definition) is 3. The molecule has 0 saturated heterocycles. The maximum Gasteiger partial charge on any atom is 0.147 e. The molecule has 0 heterocycles. The van der Waals surface area contributed by atoms with Crippen LogP contribution in [-0.2, 0) is 0 Å². The minimum Gasteiger partial charge on any atom is -0.497 e. The second-order valence-corrected chi connectivity index (χ2v) is 4.61. The summed E-state index contributed by atoms with van der Waals surface area (Å²) in [7, 11) is 3.35. The summed E-state index contributed by atoms with van der Waals surface area (Å²) in [6.07, 6.45) is -0.742. The number of benzene rings is 2. The van der Waals surface area contributed by atoms with Crippen LogP contribution in [0.15, 0.2) is 42.5 Å². The molecule has 0 saturated carbocycles. The van der Waals surface area contributed by atoms with Gasteiger partial charge in [-0.3, -0.25) is 0 Å². The summed E-state index contributed by atoms with van der Waals surface area (Å²) >= 11 is 0. The summed E-state index contributed by atoms with van der Waals surface area (Å²) in [5.41, 5.74) is 1.71. The van der Waals surface area contributed by atoms with Crippen molar-refractivity contribution in [3.63, 3.8) is 0 Å². The van der Waals surface area contributed by atoms with Crippen LogP contribution in [0.3, 0.4) is 0 Å². The van der Waals surface area contributed by atoms with Crippen molar-refractivity contribution in [1.82, 2.24) is 0 Å². The van der Waals surface area contributed by atoms with Crippen LogP contribution in [0.4, 0.5) is 15.8 Å². The molecule has 2 rings (SSSR count). The molecule has 2 aromatic carbocycles. The highest BCUT2D eigenvalue weighted by Gasteiger charge is 2.17. The molecule has 106 valence electrons. The monoisotopic (exact) mass is 275 g/mol. The van der Waals surface area contributed by atoms with Crippen molar-refractivity contribution >= 4 is 11.4 Å². The second-order valence-electron chi connectivity index (χ2n) is 4.61. The number of aliphatic hydroxyl groups is 1. The van der Waals surface area contributed by atoms with Gasteiger partial charge in [-0.15, -0.1) is 0 Å². The highest BCUT2D eigenvalue weighted by atomic mass is 19.1. The van der Waals surface area contributed by atoms with Crippen molar-refractivity contribution in [1.29, 1.82) is 0 Å². The Kier molecular flexibility index (Phi) is 4.25. The summed E-state index contributed by atoms with van der Waals surface area (Å²) in [5.74, 6) is 0.331. The topological polar surface area (TPSA) is 32.7 Å². The first-order valence-electron chi connectivity index (χ1n) is 6.39. The van der Waals surface area contributed by atoms with E-state index < -0.39 is 6.10 Å². The number of methoxy groups -OCH3 is 1. The molecule has 3 nitrogen and oxygen atoms in total. The maximum absolute atomic E-state index is 14.1. The molecule has 1 unspecified atom stereocenters. The SMILES string of the molecule is COc1cccc(N(C)c2c(F)cccc2C(C)O)c1. The third-order valence-corrected chi connectivity index (χ3v) is 3.24. The number of nitrogens with zero attached hydrogens (tertiary/aromatic N) is 1. The molecule has 20 heavy (non-hydrogen) atoms. The predicted octanol–water partition coefficient (Wildman–Crippen LogP) is 3.66. The van der Waals surface area contributed by atoms with Crippen molar-refractivity contribution in [3.8, 4) is 5.75 Å². The molecule has 0 spiro atoms. The van der Waals surface area contributed by atoms with E-state index in [-0.39, 0.29) is 5.82 Å². The Balaban J connectivity index is 2.49. The number of para-hydroxylation sites is 1. The van der Waals surface area contributed by atoms with Crippen molar-refractivity contribution in [2.24, 2.45) is 0 Å². The minimum absolute atomic E-state index is 0.367. The summed E-state index contributed by atoms with van der Waals surface area (Å²) in [6.45, 7) is 1.62. The maximum atomic E-state index is 14.1. The van der Waals surface area contributed by atoms with Gasteiger partial charge < -0.3 is 14.7 Å². The van der Waals surface area contributed by atoms with E-state index in [0.29, 0.717) is 17.0 Å². The zero-order valence-electron chi connectivity index (χ0n) is 11.8. The number of rotatable bonds is 4. The summed E-state index contributed by atoms with van der Waals surface area (Å²) in [4.78, 5) is 1.71. The van der Waals surface area contributed by atoms with Crippen molar-refractivity contribution in [2.75, 3.05) is 19.1 Å². The molecule has 1 N–H and O–H groups in total. The molecular weight excluding hydrogens is 257 g/mol. The van der Waals surface area contributed by atoms with Crippen LogP contribution in [0.25, 0.3) is 0 Å². The number of hydrogen-bond donors (Lipinski definition) is 1. The van der Waals surface area contributed by atoms with E-state index in [1.807, 2.05) is 24.3 Å². The van der Waals surface area contributed by atoms with Crippen LogP contribution in [0.1, 0.15) is 18.6 Å². The Morgan fingerprint density at radius 2 is 1.90 bits per heavy atom. The molecule has 1 atom stereocenters. The van der Waals surface area contributed by atoms with Gasteiger partial charge in [0.2, 0.25) is 0 Å². The Hall–Kier alpha value is -2.07. The number of aliphatic hydroxyl groups excluding tert-OH is 1. The van der Waals surface area contributed by atoms with Crippen molar-refractivity contribution in [3.05, 3.63) is 53.8 Å². The molecule has 0 fully saturated rings. The highest BCUT2D eigenvalue weighted by molar-refractivity contribution is 5.67. The zero-order chi connectivity index (χ0) is 14.7. The Morgan fingerprint density at radius 3 is 2.55 bits per heavy atom. The van der Waals surface area contributed by atoms with Crippen LogP contribution in [0, 0.1) is 5.82 Å². The summed E-state index contributed by atoms with van der Waals surface area (Å²) < 4.78 is 19.3. The first-order chi connectivity index (χ1) is 9.54. The van der Waals surface area contributed by atoms with Crippen LogP contribution in [-0.4, -0.2) is 19.3 Å². The van der Waals surface area contributed by atoms with Gasteiger partial charge in [-0.2, -0.15) is 0 Å². The van der Waals surface area contributed by atoms with Crippen LogP contribution in [0.5, 0.6) is 5.75 Å². The fraction of sp³-hybridized carbons (Fsp3) is 0.250. The molecule has 4 heteroatoms. The smallest absolute Gasteiger partial charge is 0.147 e. The van der Waals surface area contributed by atoms with Gasteiger partial charge in [0.25, 0.3) is 0 Å². The van der Waals surface area contributed by atoms with Crippen molar-refractivity contribution < 1.29 is 14.2 Å². The fourth-order valence-corrected chi connectivity index (χ4v) is 2.17. The Labute approximate surface area is 118 Å². The van der Waals surface area contributed by atoms with Gasteiger partial charge in [-0.1, -0.05) is 18.2 Å². The fourth-order valence-electron chi connectivity index (χ4n) is 2.17. The minimum atomic E-state index is -0.742. The number of ether oxygens (including phenoxy) is 1. The molecule has 0 aliphatic carbocycles. The highest BCUT2D eigenvalue weighted by Crippen LogP contribution is 2.34. The normalized spacial score (nSPS) is 12.1. The number of anilines is 2. The largest absolute Gasteiger partial charge is 0.497 e. The first-order valence-corrected chi connectivity index (χ1v) is 6.39. The van der Waals surface area contributed by atoms with Crippen LogP contribution < -0.4 is 9.64 Å². The van der Waals surface area contributed by atoms with Crippen molar-refractivity contribution in [2.45, 2.75) is 13.0 Å². The van der Waals surface area contributed by atoms with E-state index in [1.54, 1.807) is 38.1 Å². The summed E-state index contributed by atoms with van der Waals surface area (Å²) in [6, 6.07) is 12.1. The van der Waals surface area contributed by atoms with Gasteiger partial charge in [0.05, 0.1) is 18.9 Å². The van der Waals surface area contributed by atoms with Gasteiger partial charge in [0.1, 0.15) is 11.6 Å². The average Bonchev–Trinajstić information content (AvgIpc) is 2.46. The number of halogens is 1. The van der Waals surface area contributed by atoms with Gasteiger partial charge >= 0.3 is 0 Å². The third-order valence-electron chi connectivity index (χ3n) is 3.24. The van der Waals surface area contributed by atoms with E-state index in [1.165, 1.54) is 6.07 Å². The molecular formula is C16H18FNO2. The lowest BCUT2D eigenvalue weighted by Crippen LogP contribution is -2.14. The van der Waals surface area contributed by atoms with Gasteiger partial charge in [0.15, 0.2) is 0 Å². The predicted molar refractivity (Wildman–Crippen MR) is 78.1 cm³/mol. The quantitative estimate of drug-likeness (QED) is 0.924. The molecule has 0 aliphatic rings. The van der Waals surface area contributed by atoms with E-state index >= 15 is 0 Å². The molecule has 0 aromatic heterocycles. The zero-order valence-corrected chi connectivity index (χ0v) is 11.8. The Bertz CT molecular complexity index is 599. The van der Waals surface area contributed by atoms with Gasteiger partial charge in [-0.25, -0.2) is 4.39 Å². The summed E-state index contributed by atoms with van der Waals surface area (Å²) in [5, 5.41) is 9.81. The van der Waals surface area contributed by atoms with Crippen LogP contribution in [0.2, 0.25) is 0 Å². The lowest BCUT2D eigenvalue weighted by Gasteiger charge is -2.24. The van der Waals surface area contributed by atoms with Crippen LogP contribution >= 0.6 is 0 Å². The first kappa shape index (κ1) is 14.3. The third kappa shape index (κ3) is 2.75. The average molecular weight is 275 g/mol. The van der Waals surface area contributed by atoms with Gasteiger partial charge in [-0.05, 0) is 25.1 Å². The van der Waals surface area contributed by atoms with E-state index in [4.69, 9.17) is 4.74 Å². The molecule has 2 aromatic rings. The standard InChI is InChI=1S/C16H18FNO2/c1-11(19)14-8-5-9-15(17)16(14)18(2)12-6-4-7-13(10-12)20-3/h4-11,19H,1-3H3. The van der Waals surface area contributed by atoms with Gasteiger partial charge in [0, 0.05) is 24.4 Å². The molecule has 0 radical (unpaired) electrons. The van der Waals surface area contributed by atoms with E-state index in [0.717, 1.165) is 5.69 Å². The lowest BCUT2D eigenvalue weighted by molar-refractivity contribution is 0.199. The second kappa shape index (κ2) is 5.92. The van der Waals surface area contributed by atoms with E-state index in [9.17, 15) is 9.50 Å². The Morgan fingerprint density at radius 1 is 1.20 bits per heavy atom. The lowest BCUT2D eigenvalue weighted by atomic mass is 10.1.